The minimum Gasteiger partial charge on any atom is -0.324 e. The van der Waals surface area contributed by atoms with Crippen LogP contribution in [-0.2, 0) is 13.7 Å². The van der Waals surface area contributed by atoms with E-state index in [0.717, 1.165) is 43.8 Å². The average Bonchev–Trinajstić information content (AvgIpc) is 3.76. The Labute approximate surface area is 258 Å². The van der Waals surface area contributed by atoms with Gasteiger partial charge in [-0.1, -0.05) is 97.1 Å². The topological polar surface area (TPSA) is 213 Å². The van der Waals surface area contributed by atoms with E-state index in [1.807, 2.05) is 97.1 Å². The van der Waals surface area contributed by atoms with Gasteiger partial charge in [-0.2, -0.15) is 0 Å². The van der Waals surface area contributed by atoms with Gasteiger partial charge in [0.2, 0.25) is 0 Å². The second-order valence-corrected chi connectivity index (χ2v) is 12.3. The van der Waals surface area contributed by atoms with Crippen molar-refractivity contribution in [2.24, 2.45) is 19.0 Å². The van der Waals surface area contributed by atoms with Crippen molar-refractivity contribution in [3.8, 4) is 45.6 Å². The van der Waals surface area contributed by atoms with Gasteiger partial charge in [-0.05, 0) is 0 Å². The molecular weight excluding hydrogens is 616 g/mol. The van der Waals surface area contributed by atoms with Gasteiger partial charge in [-0.25, -0.2) is 29.9 Å². The number of benzene rings is 4. The fraction of sp³-hybridized carbons (Fsp3) is 0. The minimum absolute atomic E-state index is 0.597. The third kappa shape index (κ3) is 4.91. The van der Waals surface area contributed by atoms with E-state index in [-0.39, 0.29) is 0 Å². The average molecular weight is 642 g/mol. The quantitative estimate of drug-likeness (QED) is 0.127. The molecular formula is C32H26CuN12. The second kappa shape index (κ2) is 10.4. The van der Waals surface area contributed by atoms with Gasteiger partial charge in [0.1, 0.15) is 22.6 Å². The predicted molar refractivity (Wildman–Crippen MR) is 173 cm³/mol. The van der Waals surface area contributed by atoms with Crippen molar-refractivity contribution >= 4 is 44.1 Å². The fourth-order valence-corrected chi connectivity index (χ4v) is 5.59. The van der Waals surface area contributed by atoms with Crippen LogP contribution < -0.4 is 19.0 Å². The summed E-state index contributed by atoms with van der Waals surface area (Å²) in [5, 5.41) is 3.82. The molecule has 8 bridgehead atoms. The van der Waals surface area contributed by atoms with Gasteiger partial charge < -0.3 is 9.97 Å². The Balaban J connectivity index is 0.000000560. The Morgan fingerprint density at radius 3 is 0.822 bits per heavy atom. The molecule has 9 rings (SSSR count). The zero-order valence-corrected chi connectivity index (χ0v) is 24.5. The number of hydrogen-bond acceptors (Lipinski definition) is 10. The number of nitrogens with one attached hydrogen (secondary N) is 2. The van der Waals surface area contributed by atoms with Crippen molar-refractivity contribution in [2.75, 3.05) is 0 Å². The number of aromatic nitrogens is 8. The Bertz CT molecular complexity index is 2130. The Morgan fingerprint density at radius 2 is 0.578 bits per heavy atom. The molecule has 4 aromatic carbocycles. The first-order valence-electron chi connectivity index (χ1n) is 13.7. The first kappa shape index (κ1) is 27.2. The molecule has 0 aliphatic carbocycles. The molecule has 10 N–H and O–H groups in total. The Hall–Kier alpha value is -5.40. The molecule has 12 nitrogen and oxygen atoms in total. The van der Waals surface area contributed by atoms with E-state index in [1.54, 1.807) is 0 Å². The summed E-state index contributed by atoms with van der Waals surface area (Å²) in [6.45, 7) is 0. The van der Waals surface area contributed by atoms with E-state index < -0.39 is 13.7 Å². The normalized spacial score (nSPS) is 12.4. The first-order valence-corrected chi connectivity index (χ1v) is 15.9. The molecule has 7 aromatic rings. The molecule has 0 spiro atoms. The second-order valence-electron chi connectivity index (χ2n) is 10.4. The third-order valence-corrected chi connectivity index (χ3v) is 7.46. The molecule has 0 unspecified atom stereocenters. The van der Waals surface area contributed by atoms with E-state index in [1.165, 1.54) is 0 Å². The molecule has 0 saturated heterocycles. The largest absolute Gasteiger partial charge is 0.324 e. The Kier molecular flexibility index (Phi) is 6.25. The van der Waals surface area contributed by atoms with Crippen molar-refractivity contribution in [2.45, 2.75) is 0 Å². The summed E-state index contributed by atoms with van der Waals surface area (Å²) in [6, 6.07) is 32.2. The van der Waals surface area contributed by atoms with Crippen LogP contribution in [0.3, 0.4) is 0 Å². The zero-order chi connectivity index (χ0) is 30.7. The molecule has 2 aliphatic rings. The van der Waals surface area contributed by atoms with E-state index in [0.29, 0.717) is 45.9 Å². The van der Waals surface area contributed by atoms with Crippen molar-refractivity contribution in [1.29, 1.82) is 0 Å². The molecule has 0 radical (unpaired) electrons. The van der Waals surface area contributed by atoms with Crippen molar-refractivity contribution in [3.63, 3.8) is 0 Å². The third-order valence-electron chi connectivity index (χ3n) is 7.46. The van der Waals surface area contributed by atoms with Crippen LogP contribution in [-0.4, -0.2) is 39.9 Å². The molecule has 5 heterocycles. The summed E-state index contributed by atoms with van der Waals surface area (Å²) in [6.07, 6.45) is 0. The summed E-state index contributed by atoms with van der Waals surface area (Å²) in [5.74, 6) is 2.39. The molecule has 3 aromatic heterocycles. The standard InChI is InChI=1S/C32H18N8.Cu.4H2N/c1-2-10-18-17(9-1)25-33-26(18)38-28-21-13-5-6-14-22(21)30(35-28)40-32-24-16-8-7-15-23(24)31(36-32)39-29-20-12-4-3-11-19(20)27(34-29)37-25;;;;;/h1-16H,(H2,33,34,35,36,37,38,39,40);;4*1H2/q;+4;4*-1. The fourth-order valence-electron chi connectivity index (χ4n) is 5.59. The predicted octanol–water partition coefficient (Wildman–Crippen LogP) is 4.50. The molecule has 0 amide bonds. The van der Waals surface area contributed by atoms with Crippen LogP contribution in [0, 0.1) is 0 Å². The summed E-state index contributed by atoms with van der Waals surface area (Å²) in [5.41, 5.74) is 6.45. The molecule has 0 saturated carbocycles. The first-order chi connectivity index (χ1) is 21.8. The maximum absolute atomic E-state index is 5.02. The summed E-state index contributed by atoms with van der Waals surface area (Å²) in [7, 11) is 0. The Morgan fingerprint density at radius 1 is 0.356 bits per heavy atom. The zero-order valence-electron chi connectivity index (χ0n) is 23.5. The van der Waals surface area contributed by atoms with Crippen LogP contribution in [0.1, 0.15) is 0 Å². The molecule has 225 valence electrons. The molecule has 0 fully saturated rings. The van der Waals surface area contributed by atoms with Crippen molar-refractivity contribution in [1.82, 2.24) is 39.9 Å². The summed E-state index contributed by atoms with van der Waals surface area (Å²) >= 11 is -2.12. The van der Waals surface area contributed by atoms with Gasteiger partial charge in [0.15, 0.2) is 23.3 Å². The smallest absolute Gasteiger partial charge is 0.164 e. The number of rotatable bonds is 0. The van der Waals surface area contributed by atoms with Crippen LogP contribution in [0.4, 0.5) is 0 Å². The number of nitrogens with two attached hydrogens (primary N) is 4. The van der Waals surface area contributed by atoms with E-state index in [2.05, 4.69) is 9.97 Å². The number of nitrogens with zero attached hydrogens (tertiary/aromatic N) is 6. The van der Waals surface area contributed by atoms with Crippen LogP contribution in [0.2, 0.25) is 0 Å². The minimum atomic E-state index is -2.12. The number of fused-ring (bicyclic) bond motifs is 20. The van der Waals surface area contributed by atoms with Gasteiger partial charge in [-0.3, -0.25) is 0 Å². The van der Waals surface area contributed by atoms with Crippen molar-refractivity contribution < 1.29 is 13.7 Å². The maximum atomic E-state index is 5.02. The SMILES string of the molecule is [NH2][Cu]([NH2])([NH2])[NH2].c1ccc2c(c1)-c1nc-2nc2[nH]c(nc3nc(nc4[nH]c(n1)c1ccccc41)-c1ccccc1-3)c1ccccc21. The van der Waals surface area contributed by atoms with Gasteiger partial charge >= 0.3 is 32.7 Å². The number of hydrogen-bond donors (Lipinski definition) is 6. The monoisotopic (exact) mass is 641 g/mol. The van der Waals surface area contributed by atoms with Gasteiger partial charge in [0.25, 0.3) is 0 Å². The van der Waals surface area contributed by atoms with E-state index >= 15 is 0 Å². The van der Waals surface area contributed by atoms with Crippen LogP contribution in [0.25, 0.3) is 89.7 Å². The van der Waals surface area contributed by atoms with Gasteiger partial charge in [0, 0.05) is 43.8 Å². The summed E-state index contributed by atoms with van der Waals surface area (Å²) in [4.78, 5) is 36.8. The van der Waals surface area contributed by atoms with E-state index in [4.69, 9.17) is 48.9 Å². The van der Waals surface area contributed by atoms with Crippen LogP contribution in [0.5, 0.6) is 0 Å². The molecule has 0 atom stereocenters. The van der Waals surface area contributed by atoms with Crippen molar-refractivity contribution in [3.05, 3.63) is 97.1 Å². The van der Waals surface area contributed by atoms with Gasteiger partial charge in [0.05, 0.1) is 0 Å². The van der Waals surface area contributed by atoms with E-state index in [9.17, 15) is 0 Å². The molecule has 13 heteroatoms. The number of aromatic amines is 2. The molecule has 2 aliphatic heterocycles. The summed E-state index contributed by atoms with van der Waals surface area (Å²) < 4.78 is 19.1. The van der Waals surface area contributed by atoms with Crippen LogP contribution in [0.15, 0.2) is 97.1 Å². The molecule has 45 heavy (non-hydrogen) atoms. The van der Waals surface area contributed by atoms with Gasteiger partial charge in [-0.15, -0.1) is 0 Å². The van der Waals surface area contributed by atoms with Crippen LogP contribution >= 0.6 is 0 Å². The number of H-pyrrole nitrogens is 2. The maximum Gasteiger partial charge on any atom is 0.164 e.